The van der Waals surface area contributed by atoms with Crippen LogP contribution >= 0.6 is 22.9 Å². The van der Waals surface area contributed by atoms with Gasteiger partial charge in [-0.1, -0.05) is 29.3 Å². The largest absolute Gasteiger partial charge is 0.485 e. The van der Waals surface area contributed by atoms with Gasteiger partial charge >= 0.3 is 0 Å². The van der Waals surface area contributed by atoms with Crippen LogP contribution < -0.4 is 15.6 Å². The maximum Gasteiger partial charge on any atom is 0.258 e. The molecule has 0 radical (unpaired) electrons. The van der Waals surface area contributed by atoms with Crippen molar-refractivity contribution in [3.05, 3.63) is 92.3 Å². The highest BCUT2D eigenvalue weighted by molar-refractivity contribution is 7.15. The molecule has 2 aromatic heterocycles. The van der Waals surface area contributed by atoms with Crippen molar-refractivity contribution in [1.82, 2.24) is 9.38 Å². The van der Waals surface area contributed by atoms with E-state index in [1.165, 1.54) is 21.8 Å². The minimum absolute atomic E-state index is 0.0819. The predicted octanol–water partition coefficient (Wildman–Crippen LogP) is 4.55. The summed E-state index contributed by atoms with van der Waals surface area (Å²) in [6.07, 6.45) is 1.68. The molecule has 146 valence electrons. The molecule has 8 heteroatoms. The minimum atomic E-state index is -0.266. The average molecular weight is 426 g/mol. The smallest absolute Gasteiger partial charge is 0.258 e. The molecule has 1 amide bonds. The van der Waals surface area contributed by atoms with Crippen molar-refractivity contribution in [2.24, 2.45) is 0 Å². The van der Waals surface area contributed by atoms with E-state index in [1.807, 2.05) is 19.1 Å². The zero-order chi connectivity index (χ0) is 20.4. The Morgan fingerprint density at radius 2 is 2.10 bits per heavy atom. The number of carbonyl (C=O) groups is 1. The number of hydrogen-bond acceptors (Lipinski definition) is 5. The van der Waals surface area contributed by atoms with Gasteiger partial charge in [0.05, 0.1) is 11.4 Å². The van der Waals surface area contributed by atoms with Gasteiger partial charge < -0.3 is 10.1 Å². The fourth-order valence-electron chi connectivity index (χ4n) is 2.82. The number of nitrogens with zero attached hydrogens (tertiary/aromatic N) is 2. The number of nitrogens with one attached hydrogen (secondary N) is 1. The van der Waals surface area contributed by atoms with Crippen LogP contribution in [-0.2, 0) is 6.61 Å². The van der Waals surface area contributed by atoms with Gasteiger partial charge in [-0.2, -0.15) is 0 Å². The lowest BCUT2D eigenvalue weighted by Crippen LogP contribution is -2.15. The molecule has 0 unspecified atom stereocenters. The Bertz CT molecular complexity index is 1270. The highest BCUT2D eigenvalue weighted by Gasteiger charge is 2.12. The van der Waals surface area contributed by atoms with Crippen molar-refractivity contribution < 1.29 is 9.53 Å². The molecule has 0 aliphatic heterocycles. The van der Waals surface area contributed by atoms with Crippen LogP contribution in [0.5, 0.6) is 5.75 Å². The molecule has 0 spiro atoms. The maximum atomic E-state index is 12.6. The van der Waals surface area contributed by atoms with Gasteiger partial charge in [-0.15, -0.1) is 11.3 Å². The van der Waals surface area contributed by atoms with Gasteiger partial charge in [0.2, 0.25) is 0 Å². The molecule has 0 fully saturated rings. The first-order valence-electron chi connectivity index (χ1n) is 8.76. The number of thiazole rings is 1. The van der Waals surface area contributed by atoms with E-state index < -0.39 is 0 Å². The van der Waals surface area contributed by atoms with Crippen molar-refractivity contribution in [2.45, 2.75) is 13.5 Å². The normalized spacial score (nSPS) is 10.8. The van der Waals surface area contributed by atoms with Crippen molar-refractivity contribution in [2.75, 3.05) is 5.32 Å². The Kier molecular flexibility index (Phi) is 5.33. The predicted molar refractivity (Wildman–Crippen MR) is 114 cm³/mol. The fraction of sp³-hybridized carbons (Fsp3) is 0.0952. The van der Waals surface area contributed by atoms with Gasteiger partial charge in [0.1, 0.15) is 12.4 Å². The van der Waals surface area contributed by atoms with Crippen LogP contribution in [0.15, 0.2) is 64.9 Å². The quantitative estimate of drug-likeness (QED) is 0.509. The summed E-state index contributed by atoms with van der Waals surface area (Å²) in [4.78, 5) is 29.7. The molecular weight excluding hydrogens is 410 g/mol. The second-order valence-electron chi connectivity index (χ2n) is 6.39. The lowest BCUT2D eigenvalue weighted by Gasteiger charge is -2.13. The number of halogens is 1. The number of anilines is 1. The molecule has 29 heavy (non-hydrogen) atoms. The summed E-state index contributed by atoms with van der Waals surface area (Å²) in [7, 11) is 0. The molecule has 0 saturated heterocycles. The van der Waals surface area contributed by atoms with E-state index in [-0.39, 0.29) is 18.1 Å². The molecule has 2 aromatic carbocycles. The van der Waals surface area contributed by atoms with Crippen LogP contribution in [0.2, 0.25) is 5.02 Å². The number of amides is 1. The van der Waals surface area contributed by atoms with Crippen molar-refractivity contribution >= 4 is 39.5 Å². The SMILES string of the molecule is Cc1cccc(C(=O)Nc2cc(Cl)ccc2OCc2cc(=O)n3ccsc3n2)c1. The number of fused-ring (bicyclic) bond motifs is 1. The monoisotopic (exact) mass is 425 g/mol. The second kappa shape index (κ2) is 8.06. The Balaban J connectivity index is 1.56. The van der Waals surface area contributed by atoms with Crippen molar-refractivity contribution in [3.63, 3.8) is 0 Å². The van der Waals surface area contributed by atoms with Crippen molar-refractivity contribution in [3.8, 4) is 5.75 Å². The van der Waals surface area contributed by atoms with E-state index in [2.05, 4.69) is 10.3 Å². The Morgan fingerprint density at radius 3 is 2.93 bits per heavy atom. The third-order valence-electron chi connectivity index (χ3n) is 4.20. The highest BCUT2D eigenvalue weighted by atomic mass is 35.5. The van der Waals surface area contributed by atoms with Crippen LogP contribution in [0, 0.1) is 6.92 Å². The van der Waals surface area contributed by atoms with E-state index in [0.717, 1.165) is 5.56 Å². The summed E-state index contributed by atoms with van der Waals surface area (Å²) >= 11 is 7.47. The molecule has 0 atom stereocenters. The molecule has 4 rings (SSSR count). The van der Waals surface area contributed by atoms with Gasteiger partial charge in [0, 0.05) is 28.2 Å². The fourth-order valence-corrected chi connectivity index (χ4v) is 3.73. The van der Waals surface area contributed by atoms with Gasteiger partial charge in [-0.3, -0.25) is 14.0 Å². The summed E-state index contributed by atoms with van der Waals surface area (Å²) < 4.78 is 7.32. The average Bonchev–Trinajstić information content (AvgIpc) is 3.16. The lowest BCUT2D eigenvalue weighted by molar-refractivity contribution is 0.102. The molecule has 0 bridgehead atoms. The summed E-state index contributed by atoms with van der Waals surface area (Å²) in [5.41, 5.74) is 2.30. The lowest BCUT2D eigenvalue weighted by atomic mass is 10.1. The Labute approximate surface area is 175 Å². The van der Waals surface area contributed by atoms with E-state index in [4.69, 9.17) is 16.3 Å². The number of aromatic nitrogens is 2. The third kappa shape index (κ3) is 4.31. The van der Waals surface area contributed by atoms with Crippen LogP contribution in [0.25, 0.3) is 4.96 Å². The Morgan fingerprint density at radius 1 is 1.24 bits per heavy atom. The third-order valence-corrected chi connectivity index (χ3v) is 5.19. The number of benzene rings is 2. The molecule has 4 aromatic rings. The molecule has 0 aliphatic carbocycles. The standard InChI is InChI=1S/C21H16ClN3O3S/c1-13-3-2-4-14(9-13)20(27)24-17-10-15(22)5-6-18(17)28-12-16-11-19(26)25-7-8-29-21(25)23-16/h2-11H,12H2,1H3,(H,24,27). The Hall–Kier alpha value is -3.16. The first kappa shape index (κ1) is 19.2. The summed E-state index contributed by atoms with van der Waals surface area (Å²) in [5.74, 6) is 0.167. The minimum Gasteiger partial charge on any atom is -0.485 e. The van der Waals surface area contributed by atoms with Crippen molar-refractivity contribution in [1.29, 1.82) is 0 Å². The van der Waals surface area contributed by atoms with Gasteiger partial charge in [0.25, 0.3) is 11.5 Å². The molecular formula is C21H16ClN3O3S. The molecule has 1 N–H and O–H groups in total. The zero-order valence-corrected chi connectivity index (χ0v) is 17.0. The summed E-state index contributed by atoms with van der Waals surface area (Å²) in [5, 5.41) is 5.10. The van der Waals surface area contributed by atoms with Crippen LogP contribution in [-0.4, -0.2) is 15.3 Å². The molecule has 0 aliphatic rings. The number of carbonyl (C=O) groups excluding carboxylic acids is 1. The molecule has 0 saturated carbocycles. The molecule has 2 heterocycles. The zero-order valence-electron chi connectivity index (χ0n) is 15.4. The van der Waals surface area contributed by atoms with Crippen LogP contribution in [0.4, 0.5) is 5.69 Å². The maximum absolute atomic E-state index is 12.6. The van der Waals surface area contributed by atoms with E-state index in [9.17, 15) is 9.59 Å². The van der Waals surface area contributed by atoms with Crippen LogP contribution in [0.3, 0.4) is 0 Å². The number of hydrogen-bond donors (Lipinski definition) is 1. The summed E-state index contributed by atoms with van der Waals surface area (Å²) in [6, 6.07) is 13.7. The molecule has 6 nitrogen and oxygen atoms in total. The number of aryl methyl sites for hydroxylation is 1. The van der Waals surface area contributed by atoms with E-state index in [0.29, 0.717) is 32.7 Å². The van der Waals surface area contributed by atoms with Gasteiger partial charge in [-0.05, 0) is 37.3 Å². The van der Waals surface area contributed by atoms with Crippen LogP contribution in [0.1, 0.15) is 21.6 Å². The second-order valence-corrected chi connectivity index (χ2v) is 7.70. The first-order chi connectivity index (χ1) is 14.0. The van der Waals surface area contributed by atoms with Gasteiger partial charge in [-0.25, -0.2) is 4.98 Å². The van der Waals surface area contributed by atoms with Gasteiger partial charge in [0.15, 0.2) is 4.96 Å². The van der Waals surface area contributed by atoms with E-state index >= 15 is 0 Å². The number of ether oxygens (including phenoxy) is 1. The number of rotatable bonds is 5. The first-order valence-corrected chi connectivity index (χ1v) is 10.0. The topological polar surface area (TPSA) is 72.7 Å². The highest BCUT2D eigenvalue weighted by Crippen LogP contribution is 2.29. The summed E-state index contributed by atoms with van der Waals surface area (Å²) in [6.45, 7) is 2.00. The van der Waals surface area contributed by atoms with E-state index in [1.54, 1.807) is 41.9 Å².